The number of hydrogen-bond donors (Lipinski definition) is 1. The number of halogens is 1. The summed E-state index contributed by atoms with van der Waals surface area (Å²) in [5.41, 5.74) is 1.82. The Bertz CT molecular complexity index is 334. The molecule has 0 saturated carbocycles. The van der Waals surface area contributed by atoms with Crippen LogP contribution in [-0.2, 0) is 17.6 Å². The molecule has 1 N–H and O–H groups in total. The van der Waals surface area contributed by atoms with Crippen LogP contribution in [0.1, 0.15) is 24.5 Å². The van der Waals surface area contributed by atoms with Crippen molar-refractivity contribution in [2.75, 3.05) is 0 Å². The van der Waals surface area contributed by atoms with Gasteiger partial charge in [0.1, 0.15) is 5.82 Å². The van der Waals surface area contributed by atoms with Crippen LogP contribution in [0.3, 0.4) is 0 Å². The third-order valence-corrected chi connectivity index (χ3v) is 2.16. The summed E-state index contributed by atoms with van der Waals surface area (Å²) in [6.45, 7) is 1.97. The quantitative estimate of drug-likeness (QED) is 0.802. The van der Waals surface area contributed by atoms with Crippen molar-refractivity contribution in [1.82, 2.24) is 0 Å². The zero-order valence-electron chi connectivity index (χ0n) is 8.09. The van der Waals surface area contributed by atoms with E-state index in [0.29, 0.717) is 6.42 Å². The molecule has 1 rings (SSSR count). The standard InChI is InChI=1S/C11H13FO2/c1-2-8-3-5-10(12)7-9(8)4-6-11(13)14/h3,5,7H,2,4,6H2,1H3,(H,13,14). The Hall–Kier alpha value is -1.38. The topological polar surface area (TPSA) is 37.3 Å². The maximum Gasteiger partial charge on any atom is 0.303 e. The van der Waals surface area contributed by atoms with Crippen LogP contribution in [0.15, 0.2) is 18.2 Å². The van der Waals surface area contributed by atoms with E-state index in [4.69, 9.17) is 5.11 Å². The summed E-state index contributed by atoms with van der Waals surface area (Å²) in [6.07, 6.45) is 1.25. The molecule has 0 heterocycles. The molecule has 0 aliphatic carbocycles. The molecule has 0 spiro atoms. The summed E-state index contributed by atoms with van der Waals surface area (Å²) < 4.78 is 12.9. The number of rotatable bonds is 4. The third-order valence-electron chi connectivity index (χ3n) is 2.16. The van der Waals surface area contributed by atoms with Gasteiger partial charge in [0.2, 0.25) is 0 Å². The molecule has 0 unspecified atom stereocenters. The Labute approximate surface area is 82.4 Å². The fraction of sp³-hybridized carbons (Fsp3) is 0.364. The van der Waals surface area contributed by atoms with Crippen molar-refractivity contribution in [3.8, 4) is 0 Å². The summed E-state index contributed by atoms with van der Waals surface area (Å²) in [6, 6.07) is 4.54. The Kier molecular flexibility index (Phi) is 3.63. The normalized spacial score (nSPS) is 10.1. The summed E-state index contributed by atoms with van der Waals surface area (Å²) in [7, 11) is 0. The molecule has 0 radical (unpaired) electrons. The maximum absolute atomic E-state index is 12.9. The molecule has 0 aromatic heterocycles. The molecule has 1 aromatic carbocycles. The second-order valence-electron chi connectivity index (χ2n) is 3.16. The molecule has 0 fully saturated rings. The molecule has 0 aliphatic rings. The van der Waals surface area contributed by atoms with Gasteiger partial charge in [-0.1, -0.05) is 13.0 Å². The van der Waals surface area contributed by atoms with E-state index in [9.17, 15) is 9.18 Å². The maximum atomic E-state index is 12.9. The van der Waals surface area contributed by atoms with Crippen molar-refractivity contribution < 1.29 is 14.3 Å². The highest BCUT2D eigenvalue weighted by Crippen LogP contribution is 2.14. The first-order valence-corrected chi connectivity index (χ1v) is 4.62. The lowest BCUT2D eigenvalue weighted by Crippen LogP contribution is -2.00. The third kappa shape index (κ3) is 2.83. The molecule has 1 aromatic rings. The second-order valence-corrected chi connectivity index (χ2v) is 3.16. The fourth-order valence-corrected chi connectivity index (χ4v) is 1.41. The van der Waals surface area contributed by atoms with Crippen molar-refractivity contribution in [2.45, 2.75) is 26.2 Å². The van der Waals surface area contributed by atoms with E-state index in [0.717, 1.165) is 17.5 Å². The SMILES string of the molecule is CCc1ccc(F)cc1CCC(=O)O. The average molecular weight is 196 g/mol. The van der Waals surface area contributed by atoms with E-state index in [1.807, 2.05) is 6.92 Å². The lowest BCUT2D eigenvalue weighted by atomic mass is 10.0. The zero-order chi connectivity index (χ0) is 10.6. The molecule has 0 amide bonds. The molecule has 2 nitrogen and oxygen atoms in total. The van der Waals surface area contributed by atoms with Crippen molar-refractivity contribution in [1.29, 1.82) is 0 Å². The number of carbonyl (C=O) groups is 1. The smallest absolute Gasteiger partial charge is 0.303 e. The van der Waals surface area contributed by atoms with Crippen LogP contribution in [0.2, 0.25) is 0 Å². The minimum absolute atomic E-state index is 0.0520. The van der Waals surface area contributed by atoms with Crippen molar-refractivity contribution >= 4 is 5.97 Å². The minimum Gasteiger partial charge on any atom is -0.481 e. The zero-order valence-corrected chi connectivity index (χ0v) is 8.09. The first-order chi connectivity index (χ1) is 6.63. The molecule has 0 bridgehead atoms. The first kappa shape index (κ1) is 10.7. The van der Waals surface area contributed by atoms with E-state index < -0.39 is 5.97 Å². The first-order valence-electron chi connectivity index (χ1n) is 4.62. The van der Waals surface area contributed by atoms with Crippen LogP contribution < -0.4 is 0 Å². The van der Waals surface area contributed by atoms with Gasteiger partial charge in [0.05, 0.1) is 0 Å². The Morgan fingerprint density at radius 2 is 2.14 bits per heavy atom. The summed E-state index contributed by atoms with van der Waals surface area (Å²) in [4.78, 5) is 10.4. The van der Waals surface area contributed by atoms with Crippen molar-refractivity contribution in [2.24, 2.45) is 0 Å². The predicted octanol–water partition coefficient (Wildman–Crippen LogP) is 2.41. The van der Waals surface area contributed by atoms with E-state index in [1.54, 1.807) is 6.07 Å². The molecule has 14 heavy (non-hydrogen) atoms. The van der Waals surface area contributed by atoms with Crippen molar-refractivity contribution in [3.05, 3.63) is 35.1 Å². The summed E-state index contributed by atoms with van der Waals surface area (Å²) in [5, 5.41) is 8.51. The lowest BCUT2D eigenvalue weighted by molar-refractivity contribution is -0.136. The average Bonchev–Trinajstić information content (AvgIpc) is 2.15. The summed E-state index contributed by atoms with van der Waals surface area (Å²) in [5.74, 6) is -1.15. The molecule has 76 valence electrons. The largest absolute Gasteiger partial charge is 0.481 e. The van der Waals surface area contributed by atoms with Gasteiger partial charge in [0, 0.05) is 6.42 Å². The Morgan fingerprint density at radius 1 is 1.43 bits per heavy atom. The highest BCUT2D eigenvalue weighted by Gasteiger charge is 2.05. The van der Waals surface area contributed by atoms with Crippen LogP contribution in [0.4, 0.5) is 4.39 Å². The number of hydrogen-bond acceptors (Lipinski definition) is 1. The van der Waals surface area contributed by atoms with Crippen LogP contribution in [0.25, 0.3) is 0 Å². The van der Waals surface area contributed by atoms with E-state index in [2.05, 4.69) is 0 Å². The molecule has 0 atom stereocenters. The summed E-state index contributed by atoms with van der Waals surface area (Å²) >= 11 is 0. The number of carboxylic acids is 1. The van der Waals surface area contributed by atoms with Crippen LogP contribution in [0.5, 0.6) is 0 Å². The molecular formula is C11H13FO2. The van der Waals surface area contributed by atoms with Gasteiger partial charge in [-0.15, -0.1) is 0 Å². The van der Waals surface area contributed by atoms with E-state index >= 15 is 0 Å². The van der Waals surface area contributed by atoms with E-state index in [1.165, 1.54) is 12.1 Å². The predicted molar refractivity (Wildman–Crippen MR) is 51.7 cm³/mol. The van der Waals surface area contributed by atoms with Gasteiger partial charge in [0.25, 0.3) is 0 Å². The highest BCUT2D eigenvalue weighted by molar-refractivity contribution is 5.67. The second kappa shape index (κ2) is 4.74. The number of carboxylic acid groups (broad SMARTS) is 1. The van der Waals surface area contributed by atoms with E-state index in [-0.39, 0.29) is 12.2 Å². The molecule has 0 saturated heterocycles. The Morgan fingerprint density at radius 3 is 2.71 bits per heavy atom. The monoisotopic (exact) mass is 196 g/mol. The van der Waals surface area contributed by atoms with Gasteiger partial charge in [-0.25, -0.2) is 4.39 Å². The van der Waals surface area contributed by atoms with Gasteiger partial charge < -0.3 is 5.11 Å². The minimum atomic E-state index is -0.851. The molecule has 0 aliphatic heterocycles. The van der Waals surface area contributed by atoms with Gasteiger partial charge in [0.15, 0.2) is 0 Å². The van der Waals surface area contributed by atoms with Crippen LogP contribution >= 0.6 is 0 Å². The van der Waals surface area contributed by atoms with Crippen LogP contribution in [0, 0.1) is 5.82 Å². The van der Waals surface area contributed by atoms with Crippen LogP contribution in [-0.4, -0.2) is 11.1 Å². The van der Waals surface area contributed by atoms with Gasteiger partial charge in [-0.3, -0.25) is 4.79 Å². The van der Waals surface area contributed by atoms with Gasteiger partial charge >= 0.3 is 5.97 Å². The number of benzene rings is 1. The highest BCUT2D eigenvalue weighted by atomic mass is 19.1. The van der Waals surface area contributed by atoms with Crippen molar-refractivity contribution in [3.63, 3.8) is 0 Å². The Balaban J connectivity index is 2.82. The number of aliphatic carboxylic acids is 1. The fourth-order valence-electron chi connectivity index (χ4n) is 1.41. The molecule has 3 heteroatoms. The number of aryl methyl sites for hydroxylation is 2. The van der Waals surface area contributed by atoms with Gasteiger partial charge in [-0.05, 0) is 36.1 Å². The van der Waals surface area contributed by atoms with Gasteiger partial charge in [-0.2, -0.15) is 0 Å². The lowest BCUT2D eigenvalue weighted by Gasteiger charge is -2.06. The molecular weight excluding hydrogens is 183 g/mol.